The molecule has 1 amide bonds. The molecular weight excluding hydrogens is 402 g/mol. The fraction of sp³-hybridized carbons (Fsp3) is 0.231. The van der Waals surface area contributed by atoms with Crippen molar-refractivity contribution in [1.82, 2.24) is 9.88 Å². The highest BCUT2D eigenvalue weighted by Gasteiger charge is 2.21. The molecule has 5 heteroatoms. The summed E-state index contributed by atoms with van der Waals surface area (Å²) in [5.74, 6) is -0.00542. The Kier molecular flexibility index (Phi) is 6.44. The molecule has 1 heterocycles. The molecule has 0 N–H and O–H groups in total. The lowest BCUT2D eigenvalue weighted by Gasteiger charge is -2.21. The van der Waals surface area contributed by atoms with E-state index in [0.717, 1.165) is 39.4 Å². The predicted octanol–water partition coefficient (Wildman–Crippen LogP) is 5.87. The minimum Gasteiger partial charge on any atom is -0.309 e. The number of carbonyl (C=O) groups is 1. The lowest BCUT2D eigenvalue weighted by molar-refractivity contribution is 0.0986. The summed E-state index contributed by atoms with van der Waals surface area (Å²) >= 11 is 1.58. The summed E-state index contributed by atoms with van der Waals surface area (Å²) in [5, 5.41) is 0.761. The van der Waals surface area contributed by atoms with Crippen LogP contribution in [-0.4, -0.2) is 43.0 Å². The van der Waals surface area contributed by atoms with E-state index in [1.54, 1.807) is 11.3 Å². The van der Waals surface area contributed by atoms with Gasteiger partial charge in [0.15, 0.2) is 5.13 Å². The van der Waals surface area contributed by atoms with E-state index in [2.05, 4.69) is 50.2 Å². The average Bonchev–Trinajstić information content (AvgIpc) is 3.19. The molecule has 0 radical (unpaired) electrons. The quantitative estimate of drug-likeness (QED) is 0.369. The van der Waals surface area contributed by atoms with Crippen LogP contribution in [0.4, 0.5) is 5.13 Å². The van der Waals surface area contributed by atoms with Gasteiger partial charge >= 0.3 is 0 Å². The topological polar surface area (TPSA) is 36.4 Å². The minimum absolute atomic E-state index is 0.00542. The van der Waals surface area contributed by atoms with E-state index in [0.29, 0.717) is 12.1 Å². The fourth-order valence-electron chi connectivity index (χ4n) is 3.56. The number of rotatable bonds is 7. The van der Waals surface area contributed by atoms with Crippen molar-refractivity contribution >= 4 is 32.6 Å². The maximum atomic E-state index is 13.5. The van der Waals surface area contributed by atoms with Crippen LogP contribution in [0.1, 0.15) is 22.3 Å². The molecule has 4 aromatic rings. The first-order valence-electron chi connectivity index (χ1n) is 10.5. The van der Waals surface area contributed by atoms with Crippen LogP contribution in [0.3, 0.4) is 0 Å². The van der Waals surface area contributed by atoms with Crippen LogP contribution in [0.25, 0.3) is 21.3 Å². The molecule has 1 aromatic heterocycles. The van der Waals surface area contributed by atoms with Gasteiger partial charge in [0.05, 0.1) is 10.2 Å². The molecular formula is C26H27N3OS. The zero-order chi connectivity index (χ0) is 21.8. The number of nitrogens with zero attached hydrogens (tertiary/aromatic N) is 3. The Morgan fingerprint density at radius 2 is 1.61 bits per heavy atom. The van der Waals surface area contributed by atoms with Gasteiger partial charge in [-0.15, -0.1) is 0 Å². The molecule has 0 atom stereocenters. The van der Waals surface area contributed by atoms with Crippen LogP contribution in [0, 0.1) is 6.92 Å². The van der Waals surface area contributed by atoms with Crippen molar-refractivity contribution in [2.24, 2.45) is 0 Å². The Balaban J connectivity index is 1.62. The minimum atomic E-state index is -0.00542. The van der Waals surface area contributed by atoms with E-state index in [-0.39, 0.29) is 5.91 Å². The van der Waals surface area contributed by atoms with E-state index < -0.39 is 0 Å². The zero-order valence-electron chi connectivity index (χ0n) is 18.2. The molecule has 0 aliphatic carbocycles. The Morgan fingerprint density at radius 1 is 0.903 bits per heavy atom. The van der Waals surface area contributed by atoms with Gasteiger partial charge in [0.1, 0.15) is 0 Å². The highest BCUT2D eigenvalue weighted by Crippen LogP contribution is 2.31. The summed E-state index contributed by atoms with van der Waals surface area (Å²) < 4.78 is 1.11. The van der Waals surface area contributed by atoms with Gasteiger partial charge in [0.2, 0.25) is 0 Å². The summed E-state index contributed by atoms with van der Waals surface area (Å²) in [5.41, 5.74) is 5.07. The van der Waals surface area contributed by atoms with Gasteiger partial charge < -0.3 is 4.90 Å². The number of hydrogen-bond donors (Lipinski definition) is 0. The summed E-state index contributed by atoms with van der Waals surface area (Å²) in [6.07, 6.45) is 0.885. The van der Waals surface area contributed by atoms with Gasteiger partial charge in [-0.3, -0.25) is 9.69 Å². The van der Waals surface area contributed by atoms with E-state index in [1.165, 1.54) is 5.56 Å². The first kappa shape index (κ1) is 21.2. The molecule has 0 fully saturated rings. The van der Waals surface area contributed by atoms with Gasteiger partial charge in [0.25, 0.3) is 5.91 Å². The van der Waals surface area contributed by atoms with Crippen molar-refractivity contribution in [2.45, 2.75) is 13.3 Å². The lowest BCUT2D eigenvalue weighted by Crippen LogP contribution is -2.33. The molecule has 0 aliphatic rings. The van der Waals surface area contributed by atoms with Gasteiger partial charge in [-0.05, 0) is 74.9 Å². The van der Waals surface area contributed by atoms with Crippen molar-refractivity contribution in [3.05, 3.63) is 83.9 Å². The smallest absolute Gasteiger partial charge is 0.260 e. The van der Waals surface area contributed by atoms with E-state index in [1.807, 2.05) is 53.4 Å². The maximum Gasteiger partial charge on any atom is 0.260 e. The number of aryl methyl sites for hydroxylation is 1. The fourth-order valence-corrected chi connectivity index (χ4v) is 4.64. The molecule has 0 saturated carbocycles. The number of thiazole rings is 1. The molecule has 0 aliphatic heterocycles. The lowest BCUT2D eigenvalue weighted by atomic mass is 10.0. The molecule has 31 heavy (non-hydrogen) atoms. The van der Waals surface area contributed by atoms with E-state index >= 15 is 0 Å². The molecule has 4 nitrogen and oxygen atoms in total. The number of amides is 1. The SMILES string of the molecule is Cc1ccc2nc(N(CCCN(C)C)C(=O)c3ccc(-c4ccccc4)cc3)sc2c1. The molecule has 3 aromatic carbocycles. The second kappa shape index (κ2) is 9.41. The highest BCUT2D eigenvalue weighted by molar-refractivity contribution is 7.22. The van der Waals surface area contributed by atoms with Crippen LogP contribution in [-0.2, 0) is 0 Å². The third-order valence-electron chi connectivity index (χ3n) is 5.23. The zero-order valence-corrected chi connectivity index (χ0v) is 19.0. The Hall–Kier alpha value is -3.02. The Bertz CT molecular complexity index is 1170. The third-order valence-corrected chi connectivity index (χ3v) is 6.28. The molecule has 0 saturated heterocycles. The largest absolute Gasteiger partial charge is 0.309 e. The molecule has 158 valence electrons. The molecule has 0 bridgehead atoms. The van der Waals surface area contributed by atoms with Gasteiger partial charge in [0, 0.05) is 12.1 Å². The standard InChI is InChI=1S/C26H27N3OS/c1-19-10-15-23-24(18-19)31-26(27-23)29(17-7-16-28(2)3)25(30)22-13-11-21(12-14-22)20-8-5-4-6-9-20/h4-6,8-15,18H,7,16-17H2,1-3H3. The van der Waals surface area contributed by atoms with Crippen LogP contribution < -0.4 is 4.90 Å². The van der Waals surface area contributed by atoms with Crippen molar-refractivity contribution in [2.75, 3.05) is 32.1 Å². The van der Waals surface area contributed by atoms with Crippen LogP contribution >= 0.6 is 11.3 Å². The van der Waals surface area contributed by atoms with Crippen molar-refractivity contribution in [1.29, 1.82) is 0 Å². The summed E-state index contributed by atoms with van der Waals surface area (Å²) in [7, 11) is 4.10. The third kappa shape index (κ3) is 5.01. The van der Waals surface area contributed by atoms with Crippen molar-refractivity contribution in [3.63, 3.8) is 0 Å². The monoisotopic (exact) mass is 429 g/mol. The number of carbonyl (C=O) groups excluding carboxylic acids is 1. The molecule has 0 unspecified atom stereocenters. The van der Waals surface area contributed by atoms with Crippen molar-refractivity contribution < 1.29 is 4.79 Å². The summed E-state index contributed by atoms with van der Waals surface area (Å²) in [6.45, 7) is 3.63. The number of anilines is 1. The maximum absolute atomic E-state index is 13.5. The van der Waals surface area contributed by atoms with Crippen molar-refractivity contribution in [3.8, 4) is 11.1 Å². The van der Waals surface area contributed by atoms with Crippen LogP contribution in [0.5, 0.6) is 0 Å². The van der Waals surface area contributed by atoms with Crippen LogP contribution in [0.15, 0.2) is 72.8 Å². The second-order valence-electron chi connectivity index (χ2n) is 8.02. The van der Waals surface area contributed by atoms with E-state index in [9.17, 15) is 4.79 Å². The average molecular weight is 430 g/mol. The first-order chi connectivity index (χ1) is 15.0. The number of aromatic nitrogens is 1. The Labute approximate surface area is 187 Å². The summed E-state index contributed by atoms with van der Waals surface area (Å²) in [6, 6.07) is 24.3. The normalized spacial score (nSPS) is 11.2. The predicted molar refractivity (Wildman–Crippen MR) is 131 cm³/mol. The number of fused-ring (bicyclic) bond motifs is 1. The Morgan fingerprint density at radius 3 is 2.32 bits per heavy atom. The second-order valence-corrected chi connectivity index (χ2v) is 9.03. The number of benzene rings is 3. The van der Waals surface area contributed by atoms with Crippen LogP contribution in [0.2, 0.25) is 0 Å². The highest BCUT2D eigenvalue weighted by atomic mass is 32.1. The summed E-state index contributed by atoms with van der Waals surface area (Å²) in [4.78, 5) is 22.2. The number of hydrogen-bond acceptors (Lipinski definition) is 4. The van der Waals surface area contributed by atoms with Gasteiger partial charge in [-0.2, -0.15) is 0 Å². The van der Waals surface area contributed by atoms with Gasteiger partial charge in [-0.25, -0.2) is 4.98 Å². The van der Waals surface area contributed by atoms with E-state index in [4.69, 9.17) is 4.98 Å². The molecule has 4 rings (SSSR count). The first-order valence-corrected chi connectivity index (χ1v) is 11.3. The molecule has 0 spiro atoms. The van der Waals surface area contributed by atoms with Gasteiger partial charge in [-0.1, -0.05) is 59.9 Å².